The molecular formula is C16H23N7O3. The highest BCUT2D eigenvalue weighted by molar-refractivity contribution is 5.74. The molecule has 2 aromatic heterocycles. The summed E-state index contributed by atoms with van der Waals surface area (Å²) in [5.41, 5.74) is 0. The van der Waals surface area contributed by atoms with Crippen molar-refractivity contribution in [2.24, 2.45) is 5.92 Å². The predicted molar refractivity (Wildman–Crippen MR) is 92.0 cm³/mol. The van der Waals surface area contributed by atoms with Crippen molar-refractivity contribution in [2.45, 2.75) is 6.54 Å². The fourth-order valence-corrected chi connectivity index (χ4v) is 2.79. The van der Waals surface area contributed by atoms with Gasteiger partial charge in [-0.1, -0.05) is 5.16 Å². The second-order valence-corrected chi connectivity index (χ2v) is 6.39. The van der Waals surface area contributed by atoms with Crippen LogP contribution in [0.3, 0.4) is 0 Å². The summed E-state index contributed by atoms with van der Waals surface area (Å²) in [5.74, 6) is 1.26. The van der Waals surface area contributed by atoms with E-state index in [2.05, 4.69) is 30.3 Å². The molecule has 0 aliphatic carbocycles. The fourth-order valence-electron chi connectivity index (χ4n) is 2.79. The van der Waals surface area contributed by atoms with E-state index in [1.165, 1.54) is 0 Å². The van der Waals surface area contributed by atoms with Crippen LogP contribution >= 0.6 is 0 Å². The monoisotopic (exact) mass is 361 g/mol. The first-order chi connectivity index (χ1) is 12.6. The first kappa shape index (κ1) is 18.2. The summed E-state index contributed by atoms with van der Waals surface area (Å²) in [6.07, 6.45) is 3.21. The highest BCUT2D eigenvalue weighted by Crippen LogP contribution is 2.10. The lowest BCUT2D eigenvalue weighted by Gasteiger charge is -2.25. The number of carbonyl (C=O) groups excluding carboxylic acids is 1. The molecule has 0 radical (unpaired) electrons. The normalized spacial score (nSPS) is 18.0. The average molecular weight is 361 g/mol. The number of aromatic nitrogens is 4. The molecule has 0 saturated carbocycles. The smallest absolute Gasteiger partial charge is 0.317 e. The second kappa shape index (κ2) is 8.68. The molecule has 1 fully saturated rings. The van der Waals surface area contributed by atoms with Crippen molar-refractivity contribution < 1.29 is 14.1 Å². The Kier molecular flexibility index (Phi) is 6.08. The number of amides is 2. The van der Waals surface area contributed by atoms with E-state index in [9.17, 15) is 4.79 Å². The predicted octanol–water partition coefficient (Wildman–Crippen LogP) is 0.246. The molecule has 2 aromatic rings. The standard InChI is InChI=1S/C16H23N7O3/c1-22(2)9-12-10-23(6-7-25-11-12)16(24)19-8-13-20-15(21-26-13)14-17-4-3-5-18-14/h3-5,12H,6-11H2,1-2H3,(H,19,24). The van der Waals surface area contributed by atoms with Gasteiger partial charge in [-0.15, -0.1) is 0 Å². The van der Waals surface area contributed by atoms with Crippen LogP contribution in [0.5, 0.6) is 0 Å². The van der Waals surface area contributed by atoms with Crippen LogP contribution < -0.4 is 5.32 Å². The van der Waals surface area contributed by atoms with Crippen LogP contribution in [0.1, 0.15) is 5.89 Å². The molecule has 26 heavy (non-hydrogen) atoms. The van der Waals surface area contributed by atoms with Gasteiger partial charge in [0.15, 0.2) is 0 Å². The third-order valence-corrected chi connectivity index (χ3v) is 3.87. The van der Waals surface area contributed by atoms with E-state index >= 15 is 0 Å². The third kappa shape index (κ3) is 4.96. The highest BCUT2D eigenvalue weighted by atomic mass is 16.5. The Morgan fingerprint density at radius 1 is 1.35 bits per heavy atom. The van der Waals surface area contributed by atoms with Crippen LogP contribution in [-0.4, -0.2) is 82.9 Å². The minimum atomic E-state index is -0.171. The Morgan fingerprint density at radius 3 is 2.92 bits per heavy atom. The lowest BCUT2D eigenvalue weighted by Crippen LogP contribution is -2.44. The summed E-state index contributed by atoms with van der Waals surface area (Å²) in [5, 5.41) is 6.65. The molecule has 140 valence electrons. The Bertz CT molecular complexity index is 707. The van der Waals surface area contributed by atoms with E-state index in [1.54, 1.807) is 23.4 Å². The van der Waals surface area contributed by atoms with E-state index in [0.29, 0.717) is 43.8 Å². The van der Waals surface area contributed by atoms with E-state index in [-0.39, 0.29) is 18.5 Å². The molecule has 1 aliphatic heterocycles. The van der Waals surface area contributed by atoms with Gasteiger partial charge in [0.25, 0.3) is 0 Å². The molecule has 1 unspecified atom stereocenters. The Hall–Kier alpha value is -2.59. The van der Waals surface area contributed by atoms with E-state index in [1.807, 2.05) is 14.1 Å². The lowest BCUT2D eigenvalue weighted by atomic mass is 10.1. The molecule has 0 bridgehead atoms. The van der Waals surface area contributed by atoms with Crippen LogP contribution in [0.15, 0.2) is 23.0 Å². The summed E-state index contributed by atoms with van der Waals surface area (Å²) in [6.45, 7) is 3.42. The maximum Gasteiger partial charge on any atom is 0.317 e. The molecule has 3 heterocycles. The first-order valence-electron chi connectivity index (χ1n) is 8.47. The highest BCUT2D eigenvalue weighted by Gasteiger charge is 2.23. The van der Waals surface area contributed by atoms with Crippen LogP contribution in [0.25, 0.3) is 11.6 Å². The summed E-state index contributed by atoms with van der Waals surface area (Å²) in [4.78, 5) is 28.7. The van der Waals surface area contributed by atoms with Gasteiger partial charge in [-0.2, -0.15) is 4.98 Å². The molecule has 3 rings (SSSR count). The molecule has 1 saturated heterocycles. The molecule has 1 N–H and O–H groups in total. The Balaban J connectivity index is 1.54. The number of hydrogen-bond acceptors (Lipinski definition) is 8. The maximum absolute atomic E-state index is 12.5. The summed E-state index contributed by atoms with van der Waals surface area (Å²) in [6, 6.07) is 1.54. The zero-order valence-electron chi connectivity index (χ0n) is 15.0. The van der Waals surface area contributed by atoms with Gasteiger partial charge in [0.2, 0.25) is 17.5 Å². The van der Waals surface area contributed by atoms with Crippen LogP contribution in [-0.2, 0) is 11.3 Å². The van der Waals surface area contributed by atoms with Crippen molar-refractivity contribution in [3.05, 3.63) is 24.4 Å². The van der Waals surface area contributed by atoms with Crippen LogP contribution in [0, 0.1) is 5.92 Å². The molecule has 1 aliphatic rings. The topological polar surface area (TPSA) is 110 Å². The Labute approximate surface area is 151 Å². The van der Waals surface area contributed by atoms with Crippen molar-refractivity contribution >= 4 is 6.03 Å². The van der Waals surface area contributed by atoms with Crippen molar-refractivity contribution in [1.29, 1.82) is 0 Å². The largest absolute Gasteiger partial charge is 0.379 e. The van der Waals surface area contributed by atoms with Crippen molar-refractivity contribution in [3.8, 4) is 11.6 Å². The molecule has 10 heteroatoms. The molecule has 0 aromatic carbocycles. The summed E-state index contributed by atoms with van der Waals surface area (Å²) in [7, 11) is 4.03. The van der Waals surface area contributed by atoms with Gasteiger partial charge >= 0.3 is 6.03 Å². The van der Waals surface area contributed by atoms with Crippen molar-refractivity contribution in [1.82, 2.24) is 35.2 Å². The second-order valence-electron chi connectivity index (χ2n) is 6.39. The van der Waals surface area contributed by atoms with Gasteiger partial charge < -0.3 is 24.4 Å². The summed E-state index contributed by atoms with van der Waals surface area (Å²) >= 11 is 0. The average Bonchev–Trinajstić information content (AvgIpc) is 2.99. The number of nitrogens with zero attached hydrogens (tertiary/aromatic N) is 6. The van der Waals surface area contributed by atoms with E-state index in [4.69, 9.17) is 9.26 Å². The van der Waals surface area contributed by atoms with Gasteiger partial charge in [0, 0.05) is 37.9 Å². The fraction of sp³-hybridized carbons (Fsp3) is 0.562. The van der Waals surface area contributed by atoms with Gasteiger partial charge in [0.1, 0.15) is 0 Å². The quantitative estimate of drug-likeness (QED) is 0.807. The zero-order valence-corrected chi connectivity index (χ0v) is 15.0. The summed E-state index contributed by atoms with van der Waals surface area (Å²) < 4.78 is 10.7. The van der Waals surface area contributed by atoms with E-state index < -0.39 is 0 Å². The van der Waals surface area contributed by atoms with Crippen LogP contribution in [0.2, 0.25) is 0 Å². The van der Waals surface area contributed by atoms with Gasteiger partial charge in [-0.3, -0.25) is 0 Å². The number of carbonyl (C=O) groups is 1. The van der Waals surface area contributed by atoms with E-state index in [0.717, 1.165) is 6.54 Å². The Morgan fingerprint density at radius 2 is 2.15 bits per heavy atom. The zero-order chi connectivity index (χ0) is 18.4. The van der Waals surface area contributed by atoms with Gasteiger partial charge in [-0.25, -0.2) is 14.8 Å². The number of urea groups is 1. The minimum Gasteiger partial charge on any atom is -0.379 e. The van der Waals surface area contributed by atoms with Gasteiger partial charge in [0.05, 0.1) is 19.8 Å². The van der Waals surface area contributed by atoms with Crippen molar-refractivity contribution in [2.75, 3.05) is 46.9 Å². The minimum absolute atomic E-state index is 0.147. The van der Waals surface area contributed by atoms with Crippen molar-refractivity contribution in [3.63, 3.8) is 0 Å². The molecule has 2 amide bonds. The molecule has 1 atom stereocenters. The third-order valence-electron chi connectivity index (χ3n) is 3.87. The number of hydrogen-bond donors (Lipinski definition) is 1. The number of rotatable bonds is 5. The molecule has 10 nitrogen and oxygen atoms in total. The van der Waals surface area contributed by atoms with Gasteiger partial charge in [-0.05, 0) is 20.2 Å². The lowest BCUT2D eigenvalue weighted by molar-refractivity contribution is 0.112. The number of nitrogens with one attached hydrogen (secondary N) is 1. The number of ether oxygens (including phenoxy) is 1. The van der Waals surface area contributed by atoms with Crippen LogP contribution in [0.4, 0.5) is 4.79 Å². The first-order valence-corrected chi connectivity index (χ1v) is 8.47. The maximum atomic E-state index is 12.5. The molecule has 0 spiro atoms. The SMILES string of the molecule is CN(C)CC1COCCN(C(=O)NCc2nc(-c3ncccn3)no2)C1. The molecular weight excluding hydrogens is 338 g/mol.